The van der Waals surface area contributed by atoms with Crippen LogP contribution in [0.25, 0.3) is 0 Å². The fraction of sp³-hybridized carbons (Fsp3) is 0.444. The summed E-state index contributed by atoms with van der Waals surface area (Å²) < 4.78 is 0. The highest BCUT2D eigenvalue weighted by molar-refractivity contribution is 5.92. The number of benzene rings is 3. The third-order valence-corrected chi connectivity index (χ3v) is 8.61. The number of likely N-dealkylation sites (tertiary alicyclic amines) is 1. The lowest BCUT2D eigenvalue weighted by molar-refractivity contribution is -0.124. The topological polar surface area (TPSA) is 66.6 Å². The standard InChI is InChI=1S/C34H41N3O2.C2H6/c35-24-29(27-11-3-1-4-12-27)23-33(38)32-16-8-7-15-31(32)28-19-17-26(18-20-28)25-37(30-13-5-2-6-14-30)34(39)36-21-9-10-22-36;1-2/h1-6,11-14,17-20,29,31-32H,7-10,15-16,21-25,35H2;1-2H3/t29-,31-,32?;/m0./s1. The van der Waals surface area contributed by atoms with E-state index >= 15 is 0 Å². The van der Waals surface area contributed by atoms with Gasteiger partial charge >= 0.3 is 6.03 Å². The molecule has 1 heterocycles. The molecule has 41 heavy (non-hydrogen) atoms. The Morgan fingerprint density at radius 3 is 2.07 bits per heavy atom. The number of hydrogen-bond acceptors (Lipinski definition) is 3. The summed E-state index contributed by atoms with van der Waals surface area (Å²) in [5.74, 6) is 0.696. The maximum Gasteiger partial charge on any atom is 0.324 e. The van der Waals surface area contributed by atoms with E-state index in [2.05, 4.69) is 36.4 Å². The van der Waals surface area contributed by atoms with E-state index in [0.717, 1.165) is 68.4 Å². The molecule has 5 rings (SSSR count). The molecule has 218 valence electrons. The third-order valence-electron chi connectivity index (χ3n) is 8.61. The zero-order chi connectivity index (χ0) is 29.0. The van der Waals surface area contributed by atoms with Gasteiger partial charge in [-0.15, -0.1) is 0 Å². The molecule has 1 saturated heterocycles. The predicted molar refractivity (Wildman–Crippen MR) is 169 cm³/mol. The van der Waals surface area contributed by atoms with E-state index in [1.54, 1.807) is 0 Å². The van der Waals surface area contributed by atoms with Gasteiger partial charge in [0.2, 0.25) is 0 Å². The van der Waals surface area contributed by atoms with Crippen LogP contribution in [0.15, 0.2) is 84.9 Å². The molecular formula is C36H47N3O2. The number of anilines is 1. The molecule has 3 aromatic carbocycles. The quantitative estimate of drug-likeness (QED) is 0.293. The van der Waals surface area contributed by atoms with Gasteiger partial charge in [-0.05, 0) is 67.0 Å². The highest BCUT2D eigenvalue weighted by atomic mass is 16.2. The van der Waals surface area contributed by atoms with Gasteiger partial charge in [0.1, 0.15) is 5.78 Å². The second-order valence-electron chi connectivity index (χ2n) is 11.2. The van der Waals surface area contributed by atoms with E-state index in [9.17, 15) is 9.59 Å². The molecule has 5 heteroatoms. The van der Waals surface area contributed by atoms with Crippen molar-refractivity contribution in [1.29, 1.82) is 0 Å². The molecule has 0 bridgehead atoms. The number of hydrogen-bond donors (Lipinski definition) is 1. The molecule has 2 aliphatic rings. The first-order chi connectivity index (χ1) is 20.1. The van der Waals surface area contributed by atoms with Crippen LogP contribution in [0.4, 0.5) is 10.5 Å². The monoisotopic (exact) mass is 553 g/mol. The normalized spacial score (nSPS) is 19.1. The third kappa shape index (κ3) is 7.85. The molecule has 0 radical (unpaired) electrons. The van der Waals surface area contributed by atoms with Crippen molar-refractivity contribution in [1.82, 2.24) is 4.90 Å². The number of carbonyl (C=O) groups excluding carboxylic acids is 2. The van der Waals surface area contributed by atoms with Gasteiger partial charge in [-0.2, -0.15) is 0 Å². The van der Waals surface area contributed by atoms with Gasteiger partial charge in [-0.1, -0.05) is 99.5 Å². The average Bonchev–Trinajstić information content (AvgIpc) is 3.60. The maximum absolute atomic E-state index is 13.6. The molecule has 2 N–H and O–H groups in total. The van der Waals surface area contributed by atoms with Crippen molar-refractivity contribution in [2.75, 3.05) is 24.5 Å². The number of nitrogens with zero attached hydrogens (tertiary/aromatic N) is 2. The zero-order valence-corrected chi connectivity index (χ0v) is 24.9. The lowest BCUT2D eigenvalue weighted by atomic mass is 9.71. The molecule has 5 nitrogen and oxygen atoms in total. The Morgan fingerprint density at radius 2 is 1.44 bits per heavy atom. The van der Waals surface area contributed by atoms with Crippen LogP contribution in [0.3, 0.4) is 0 Å². The van der Waals surface area contributed by atoms with Crippen molar-refractivity contribution in [3.05, 3.63) is 102 Å². The van der Waals surface area contributed by atoms with Gasteiger partial charge in [-0.3, -0.25) is 9.69 Å². The molecule has 2 amide bonds. The van der Waals surface area contributed by atoms with Gasteiger partial charge in [0.05, 0.1) is 6.54 Å². The van der Waals surface area contributed by atoms with Crippen LogP contribution in [-0.2, 0) is 11.3 Å². The minimum atomic E-state index is 0.0416. The van der Waals surface area contributed by atoms with Crippen molar-refractivity contribution >= 4 is 17.5 Å². The summed E-state index contributed by atoms with van der Waals surface area (Å²) in [5, 5.41) is 0. The first kappa shape index (κ1) is 30.5. The largest absolute Gasteiger partial charge is 0.330 e. The van der Waals surface area contributed by atoms with Crippen molar-refractivity contribution in [3.63, 3.8) is 0 Å². The molecule has 1 aliphatic carbocycles. The second kappa shape index (κ2) is 15.5. The second-order valence-corrected chi connectivity index (χ2v) is 11.2. The van der Waals surface area contributed by atoms with Gasteiger partial charge < -0.3 is 10.6 Å². The van der Waals surface area contributed by atoms with Gasteiger partial charge in [0.25, 0.3) is 0 Å². The molecule has 0 spiro atoms. The fourth-order valence-electron chi connectivity index (χ4n) is 6.38. The van der Waals surface area contributed by atoms with Gasteiger partial charge in [0.15, 0.2) is 0 Å². The van der Waals surface area contributed by atoms with Crippen LogP contribution in [-0.4, -0.2) is 36.3 Å². The predicted octanol–water partition coefficient (Wildman–Crippen LogP) is 7.91. The number of carbonyl (C=O) groups is 2. The van der Waals surface area contributed by atoms with E-state index in [4.69, 9.17) is 5.73 Å². The zero-order valence-electron chi connectivity index (χ0n) is 24.9. The van der Waals surface area contributed by atoms with Crippen molar-refractivity contribution in [2.45, 2.75) is 77.2 Å². The number of nitrogens with two attached hydrogens (primary N) is 1. The Bertz CT molecular complexity index is 1210. The SMILES string of the molecule is CC.NC[C@H](CC(=O)C1CCCC[C@H]1c1ccc(CN(C(=O)N2CCCC2)c2ccccc2)cc1)c1ccccc1. The number of urea groups is 1. The van der Waals surface area contributed by atoms with Gasteiger partial charge in [-0.25, -0.2) is 4.79 Å². The molecule has 1 aliphatic heterocycles. The molecule has 1 unspecified atom stereocenters. The summed E-state index contributed by atoms with van der Waals surface area (Å²) in [6.45, 7) is 6.67. The van der Waals surface area contributed by atoms with Crippen molar-refractivity contribution in [2.24, 2.45) is 11.7 Å². The van der Waals surface area contributed by atoms with E-state index in [1.165, 1.54) is 5.56 Å². The average molecular weight is 554 g/mol. The summed E-state index contributed by atoms with van der Waals surface area (Å²) in [6.07, 6.45) is 6.89. The summed E-state index contributed by atoms with van der Waals surface area (Å²) in [7, 11) is 0. The fourth-order valence-corrected chi connectivity index (χ4v) is 6.38. The smallest absolute Gasteiger partial charge is 0.324 e. The van der Waals surface area contributed by atoms with E-state index in [0.29, 0.717) is 25.3 Å². The lowest BCUT2D eigenvalue weighted by Crippen LogP contribution is -2.41. The highest BCUT2D eigenvalue weighted by Crippen LogP contribution is 2.40. The number of para-hydroxylation sites is 1. The van der Waals surface area contributed by atoms with Crippen LogP contribution in [0.2, 0.25) is 0 Å². The molecular weight excluding hydrogens is 506 g/mol. The Morgan fingerprint density at radius 1 is 0.829 bits per heavy atom. The number of Topliss-reactive ketones (excluding diaryl/α,β-unsaturated/α-hetero) is 1. The highest BCUT2D eigenvalue weighted by Gasteiger charge is 2.33. The van der Waals surface area contributed by atoms with Crippen LogP contribution in [0.1, 0.15) is 87.3 Å². The molecule has 0 aromatic heterocycles. The molecule has 1 saturated carbocycles. The van der Waals surface area contributed by atoms with Crippen LogP contribution < -0.4 is 10.6 Å². The first-order valence-corrected chi connectivity index (χ1v) is 15.6. The molecule has 2 fully saturated rings. The van der Waals surface area contributed by atoms with E-state index in [-0.39, 0.29) is 23.8 Å². The lowest BCUT2D eigenvalue weighted by Gasteiger charge is -2.32. The van der Waals surface area contributed by atoms with E-state index in [1.807, 2.05) is 72.2 Å². The van der Waals surface area contributed by atoms with Crippen LogP contribution >= 0.6 is 0 Å². The Kier molecular flexibility index (Phi) is 11.6. The Labute approximate surface area is 246 Å². The summed E-state index contributed by atoms with van der Waals surface area (Å²) in [5.41, 5.74) is 10.5. The maximum atomic E-state index is 13.6. The Balaban J connectivity index is 0.00000189. The Hall–Kier alpha value is -3.44. The van der Waals surface area contributed by atoms with Crippen molar-refractivity contribution < 1.29 is 9.59 Å². The summed E-state index contributed by atoms with van der Waals surface area (Å²) >= 11 is 0. The van der Waals surface area contributed by atoms with Gasteiger partial charge in [0, 0.05) is 37.0 Å². The van der Waals surface area contributed by atoms with Crippen LogP contribution in [0.5, 0.6) is 0 Å². The summed E-state index contributed by atoms with van der Waals surface area (Å²) in [6, 6.07) is 28.9. The number of rotatable bonds is 9. The number of amides is 2. The summed E-state index contributed by atoms with van der Waals surface area (Å²) in [4.78, 5) is 30.8. The molecule has 3 aromatic rings. The minimum Gasteiger partial charge on any atom is -0.330 e. The van der Waals surface area contributed by atoms with Crippen LogP contribution in [0, 0.1) is 5.92 Å². The van der Waals surface area contributed by atoms with Crippen molar-refractivity contribution in [3.8, 4) is 0 Å². The molecule has 3 atom stereocenters. The van der Waals surface area contributed by atoms with E-state index < -0.39 is 0 Å². The minimum absolute atomic E-state index is 0.0416. The number of ketones is 1. The first-order valence-electron chi connectivity index (χ1n) is 15.6.